The van der Waals surface area contributed by atoms with E-state index in [-0.39, 0.29) is 11.8 Å². The molecule has 3 atom stereocenters. The van der Waals surface area contributed by atoms with Gasteiger partial charge < -0.3 is 5.32 Å². The van der Waals surface area contributed by atoms with Crippen molar-refractivity contribution >= 4 is 5.91 Å². The van der Waals surface area contributed by atoms with Gasteiger partial charge in [-0.3, -0.25) is 4.79 Å². The third-order valence-electron chi connectivity index (χ3n) is 4.77. The molecule has 0 heterocycles. The number of amides is 1. The van der Waals surface area contributed by atoms with Crippen molar-refractivity contribution < 1.29 is 4.79 Å². The fourth-order valence-corrected chi connectivity index (χ4v) is 3.02. The molecule has 2 heteroatoms. The van der Waals surface area contributed by atoms with Crippen molar-refractivity contribution in [3.05, 3.63) is 35.9 Å². The molecule has 1 N–H and O–H groups in total. The Morgan fingerprint density at radius 2 is 1.95 bits per heavy atom. The second kappa shape index (κ2) is 5.36. The molecule has 0 saturated heterocycles. The van der Waals surface area contributed by atoms with Crippen molar-refractivity contribution in [3.8, 4) is 0 Å². The Labute approximate surface area is 116 Å². The molecule has 0 unspecified atom stereocenters. The van der Waals surface area contributed by atoms with Crippen molar-refractivity contribution in [1.29, 1.82) is 0 Å². The summed E-state index contributed by atoms with van der Waals surface area (Å²) in [4.78, 5) is 11.8. The molecule has 19 heavy (non-hydrogen) atoms. The number of rotatable bonds is 5. The Hall–Kier alpha value is -1.31. The molecular weight excluding hydrogens is 234 g/mol. The Bertz CT molecular complexity index is 438. The van der Waals surface area contributed by atoms with Crippen LogP contribution in [0.15, 0.2) is 30.3 Å². The predicted octanol–water partition coefficient (Wildman–Crippen LogP) is 3.59. The van der Waals surface area contributed by atoms with Crippen LogP contribution in [-0.4, -0.2) is 12.5 Å². The molecule has 0 spiro atoms. The van der Waals surface area contributed by atoms with Crippen molar-refractivity contribution in [2.75, 3.05) is 6.54 Å². The topological polar surface area (TPSA) is 29.1 Å². The molecule has 1 aromatic carbocycles. The number of benzene rings is 1. The second-order valence-electron chi connectivity index (χ2n) is 6.37. The third-order valence-corrected chi connectivity index (χ3v) is 4.77. The molecule has 2 nitrogen and oxygen atoms in total. The third kappa shape index (κ3) is 2.83. The number of carbonyl (C=O) groups is 1. The fraction of sp³-hybridized carbons (Fsp3) is 0.588. The Balaban J connectivity index is 1.94. The lowest BCUT2D eigenvalue weighted by Gasteiger charge is -2.10. The van der Waals surface area contributed by atoms with Gasteiger partial charge in [0.05, 0.1) is 0 Å². The largest absolute Gasteiger partial charge is 0.356 e. The van der Waals surface area contributed by atoms with Crippen molar-refractivity contribution in [1.82, 2.24) is 5.32 Å². The normalized spacial score (nSPS) is 25.7. The van der Waals surface area contributed by atoms with Gasteiger partial charge in [0.2, 0.25) is 5.91 Å². The van der Waals surface area contributed by atoms with E-state index in [2.05, 4.69) is 56.4 Å². The van der Waals surface area contributed by atoms with Crippen LogP contribution < -0.4 is 5.32 Å². The second-order valence-corrected chi connectivity index (χ2v) is 6.37. The maximum Gasteiger partial charge on any atom is 0.222 e. The molecule has 1 aliphatic rings. The average Bonchev–Trinajstić information content (AvgIpc) is 2.97. The molecule has 1 aromatic rings. The smallest absolute Gasteiger partial charge is 0.222 e. The summed E-state index contributed by atoms with van der Waals surface area (Å²) in [6, 6.07) is 10.6. The van der Waals surface area contributed by atoms with E-state index in [1.165, 1.54) is 5.56 Å². The van der Waals surface area contributed by atoms with E-state index in [1.807, 2.05) is 6.92 Å². The molecule has 1 aliphatic carbocycles. The Morgan fingerprint density at radius 1 is 1.32 bits per heavy atom. The van der Waals surface area contributed by atoms with E-state index in [1.54, 1.807) is 0 Å². The standard InChI is InChI=1S/C17H25NO/c1-5-12(2)16(19)18-11-14-15(17(14,3)4)13-9-7-6-8-10-13/h6-10,12,14-15H,5,11H2,1-4H3,(H,18,19)/t12-,14+,15-/m0/s1. The fourth-order valence-electron chi connectivity index (χ4n) is 3.02. The minimum atomic E-state index is 0.122. The van der Waals surface area contributed by atoms with Gasteiger partial charge in [-0.15, -0.1) is 0 Å². The molecule has 0 aromatic heterocycles. The minimum Gasteiger partial charge on any atom is -0.356 e. The summed E-state index contributed by atoms with van der Waals surface area (Å²) in [5.74, 6) is 1.45. The highest BCUT2D eigenvalue weighted by Gasteiger charge is 2.57. The SMILES string of the molecule is CC[C@H](C)C(=O)NC[C@@H]1[C@H](c2ccccc2)C1(C)C. The van der Waals surface area contributed by atoms with Gasteiger partial charge in [0.25, 0.3) is 0 Å². The first kappa shape index (κ1) is 14.1. The zero-order chi connectivity index (χ0) is 14.0. The molecule has 0 bridgehead atoms. The highest BCUT2D eigenvalue weighted by molar-refractivity contribution is 5.78. The number of nitrogens with one attached hydrogen (secondary N) is 1. The lowest BCUT2D eigenvalue weighted by atomic mass is 10.0. The van der Waals surface area contributed by atoms with Crippen LogP contribution in [0, 0.1) is 17.3 Å². The van der Waals surface area contributed by atoms with E-state index in [0.717, 1.165) is 13.0 Å². The maximum atomic E-state index is 11.8. The van der Waals surface area contributed by atoms with Crippen molar-refractivity contribution in [2.24, 2.45) is 17.3 Å². The summed E-state index contributed by atoms with van der Waals surface area (Å²) in [5, 5.41) is 3.11. The summed E-state index contributed by atoms with van der Waals surface area (Å²) in [6.45, 7) is 9.44. The van der Waals surface area contributed by atoms with Gasteiger partial charge in [0, 0.05) is 12.5 Å². The quantitative estimate of drug-likeness (QED) is 0.860. The number of hydrogen-bond donors (Lipinski definition) is 1. The van der Waals surface area contributed by atoms with E-state index in [4.69, 9.17) is 0 Å². The monoisotopic (exact) mass is 259 g/mol. The molecule has 1 fully saturated rings. The van der Waals surface area contributed by atoms with E-state index < -0.39 is 0 Å². The lowest BCUT2D eigenvalue weighted by Crippen LogP contribution is -2.31. The van der Waals surface area contributed by atoms with Crippen LogP contribution in [0.3, 0.4) is 0 Å². The lowest BCUT2D eigenvalue weighted by molar-refractivity contribution is -0.124. The van der Waals surface area contributed by atoms with Crippen LogP contribution in [0.25, 0.3) is 0 Å². The van der Waals surface area contributed by atoms with Gasteiger partial charge in [0.15, 0.2) is 0 Å². The van der Waals surface area contributed by atoms with Crippen LogP contribution in [0.4, 0.5) is 0 Å². The van der Waals surface area contributed by atoms with Gasteiger partial charge in [-0.05, 0) is 29.2 Å². The molecule has 0 aliphatic heterocycles. The summed E-state index contributed by atoms with van der Waals surface area (Å²) < 4.78 is 0. The van der Waals surface area contributed by atoms with E-state index in [0.29, 0.717) is 17.3 Å². The average molecular weight is 259 g/mol. The van der Waals surface area contributed by atoms with Gasteiger partial charge in [0.1, 0.15) is 0 Å². The first-order valence-electron chi connectivity index (χ1n) is 7.31. The summed E-state index contributed by atoms with van der Waals surface area (Å²) in [5.41, 5.74) is 1.69. The summed E-state index contributed by atoms with van der Waals surface area (Å²) in [6.07, 6.45) is 0.905. The van der Waals surface area contributed by atoms with Gasteiger partial charge in [-0.25, -0.2) is 0 Å². The molecule has 0 radical (unpaired) electrons. The predicted molar refractivity (Wildman–Crippen MR) is 78.9 cm³/mol. The first-order chi connectivity index (χ1) is 8.98. The number of hydrogen-bond acceptors (Lipinski definition) is 1. The zero-order valence-corrected chi connectivity index (χ0v) is 12.4. The summed E-state index contributed by atoms with van der Waals surface area (Å²) in [7, 11) is 0. The van der Waals surface area contributed by atoms with Crippen LogP contribution in [0.5, 0.6) is 0 Å². The Kier molecular flexibility index (Phi) is 3.98. The highest BCUT2D eigenvalue weighted by Crippen LogP contribution is 2.63. The van der Waals surface area contributed by atoms with Crippen LogP contribution in [0.1, 0.15) is 45.6 Å². The molecule has 104 valence electrons. The van der Waals surface area contributed by atoms with Gasteiger partial charge in [-0.1, -0.05) is 58.0 Å². The van der Waals surface area contributed by atoms with E-state index >= 15 is 0 Å². The van der Waals surface area contributed by atoms with Crippen molar-refractivity contribution in [3.63, 3.8) is 0 Å². The van der Waals surface area contributed by atoms with E-state index in [9.17, 15) is 4.79 Å². The maximum absolute atomic E-state index is 11.8. The van der Waals surface area contributed by atoms with Gasteiger partial charge >= 0.3 is 0 Å². The zero-order valence-electron chi connectivity index (χ0n) is 12.4. The van der Waals surface area contributed by atoms with Crippen LogP contribution >= 0.6 is 0 Å². The molecular formula is C17H25NO. The van der Waals surface area contributed by atoms with Crippen LogP contribution in [0.2, 0.25) is 0 Å². The number of carbonyl (C=O) groups excluding carboxylic acids is 1. The molecule has 1 saturated carbocycles. The highest BCUT2D eigenvalue weighted by atomic mass is 16.1. The molecule has 1 amide bonds. The van der Waals surface area contributed by atoms with Crippen molar-refractivity contribution in [2.45, 2.75) is 40.0 Å². The minimum absolute atomic E-state index is 0.122. The van der Waals surface area contributed by atoms with Crippen LogP contribution in [-0.2, 0) is 4.79 Å². The van der Waals surface area contributed by atoms with Gasteiger partial charge in [-0.2, -0.15) is 0 Å². The Morgan fingerprint density at radius 3 is 2.53 bits per heavy atom. The molecule has 2 rings (SSSR count). The first-order valence-corrected chi connectivity index (χ1v) is 7.31. The summed E-state index contributed by atoms with van der Waals surface area (Å²) >= 11 is 0.